The van der Waals surface area contributed by atoms with E-state index in [1.807, 2.05) is 20.8 Å². The maximum atomic E-state index is 12.5. The van der Waals surface area contributed by atoms with Crippen molar-refractivity contribution in [3.05, 3.63) is 0 Å². The van der Waals surface area contributed by atoms with Crippen molar-refractivity contribution >= 4 is 5.91 Å². The Kier molecular flexibility index (Phi) is 5.45. The number of ether oxygens (including phenoxy) is 2. The molecule has 0 aromatic heterocycles. The molecule has 5 heteroatoms. The van der Waals surface area contributed by atoms with Crippen LogP contribution in [0, 0.1) is 10.8 Å². The maximum absolute atomic E-state index is 12.5. The van der Waals surface area contributed by atoms with Gasteiger partial charge in [-0.2, -0.15) is 0 Å². The molecule has 1 fully saturated rings. The zero-order chi connectivity index (χ0) is 16.5. The highest BCUT2D eigenvalue weighted by Crippen LogP contribution is 2.49. The van der Waals surface area contributed by atoms with Crippen LogP contribution >= 0.6 is 0 Å². The first-order chi connectivity index (χ1) is 9.50. The van der Waals surface area contributed by atoms with Crippen molar-refractivity contribution < 1.29 is 14.3 Å². The van der Waals surface area contributed by atoms with Crippen molar-refractivity contribution in [2.24, 2.45) is 16.6 Å². The minimum absolute atomic E-state index is 0.0349. The first-order valence-electron chi connectivity index (χ1n) is 7.72. The van der Waals surface area contributed by atoms with E-state index in [2.05, 4.69) is 26.1 Å². The summed E-state index contributed by atoms with van der Waals surface area (Å²) in [5.41, 5.74) is 5.08. The summed E-state index contributed by atoms with van der Waals surface area (Å²) in [6, 6.07) is 0. The number of amides is 1. The van der Waals surface area contributed by atoms with E-state index in [0.29, 0.717) is 19.6 Å². The Labute approximate surface area is 128 Å². The number of carbonyl (C=O) groups is 1. The molecular formula is C16H32N2O3. The van der Waals surface area contributed by atoms with Gasteiger partial charge in [0.25, 0.3) is 0 Å². The average molecular weight is 300 g/mol. The van der Waals surface area contributed by atoms with E-state index in [9.17, 15) is 4.79 Å². The van der Waals surface area contributed by atoms with Crippen LogP contribution in [0.2, 0.25) is 0 Å². The molecule has 3 N–H and O–H groups in total. The zero-order valence-corrected chi connectivity index (χ0v) is 14.6. The van der Waals surface area contributed by atoms with Gasteiger partial charge in [-0.25, -0.2) is 0 Å². The van der Waals surface area contributed by atoms with Crippen LogP contribution in [0.25, 0.3) is 0 Å². The summed E-state index contributed by atoms with van der Waals surface area (Å²) in [6.45, 7) is 13.3. The molecule has 1 aliphatic rings. The van der Waals surface area contributed by atoms with Gasteiger partial charge in [-0.05, 0) is 12.3 Å². The highest BCUT2D eigenvalue weighted by Gasteiger charge is 2.62. The predicted octanol–water partition coefficient (Wildman–Crippen LogP) is 1.70. The number of carbonyl (C=O) groups excluding carboxylic acids is 1. The molecule has 1 amide bonds. The largest absolute Gasteiger partial charge is 0.379 e. The fraction of sp³-hybridized carbons (Fsp3) is 0.938. The molecule has 0 radical (unpaired) electrons. The number of nitrogens with two attached hydrogens (primary N) is 1. The third-order valence-corrected chi connectivity index (χ3v) is 4.93. The summed E-state index contributed by atoms with van der Waals surface area (Å²) in [5.74, 6) is -0.116. The highest BCUT2D eigenvalue weighted by molar-refractivity contribution is 5.88. The SMILES string of the molecule is CCOC1CC(N)(C(=O)NCC(OC)C(C)(C)C)C1(C)C. The standard InChI is InChI=1S/C16H32N2O3/c1-8-21-11-9-16(17,15(11,5)6)13(19)18-10-12(20-7)14(2,3)4/h11-12H,8-10,17H2,1-7H3,(H,18,19). The number of rotatable bonds is 6. The van der Waals surface area contributed by atoms with Crippen molar-refractivity contribution in [2.75, 3.05) is 20.3 Å². The molecule has 0 saturated heterocycles. The van der Waals surface area contributed by atoms with E-state index in [1.54, 1.807) is 7.11 Å². The first-order valence-corrected chi connectivity index (χ1v) is 7.72. The summed E-state index contributed by atoms with van der Waals surface area (Å²) in [4.78, 5) is 12.5. The maximum Gasteiger partial charge on any atom is 0.240 e. The van der Waals surface area contributed by atoms with Gasteiger partial charge in [0.15, 0.2) is 0 Å². The lowest BCUT2D eigenvalue weighted by molar-refractivity contribution is -0.171. The Morgan fingerprint density at radius 1 is 1.43 bits per heavy atom. The minimum Gasteiger partial charge on any atom is -0.379 e. The van der Waals surface area contributed by atoms with Gasteiger partial charge in [0.1, 0.15) is 5.54 Å². The Morgan fingerprint density at radius 2 is 2.00 bits per heavy atom. The zero-order valence-electron chi connectivity index (χ0n) is 14.6. The highest BCUT2D eigenvalue weighted by atomic mass is 16.5. The van der Waals surface area contributed by atoms with Crippen LogP contribution in [-0.4, -0.2) is 43.9 Å². The fourth-order valence-corrected chi connectivity index (χ4v) is 2.91. The van der Waals surface area contributed by atoms with E-state index in [4.69, 9.17) is 15.2 Å². The van der Waals surface area contributed by atoms with Gasteiger partial charge in [-0.3, -0.25) is 4.79 Å². The number of hydrogen-bond donors (Lipinski definition) is 2. The minimum atomic E-state index is -0.872. The monoisotopic (exact) mass is 300 g/mol. The van der Waals surface area contributed by atoms with Crippen molar-refractivity contribution in [1.29, 1.82) is 0 Å². The molecule has 0 heterocycles. The molecule has 124 valence electrons. The summed E-state index contributed by atoms with van der Waals surface area (Å²) >= 11 is 0. The Hall–Kier alpha value is -0.650. The Bertz CT molecular complexity index is 376. The van der Waals surface area contributed by atoms with E-state index in [1.165, 1.54) is 0 Å². The van der Waals surface area contributed by atoms with Crippen LogP contribution in [0.4, 0.5) is 0 Å². The molecule has 1 aliphatic carbocycles. The van der Waals surface area contributed by atoms with Crippen molar-refractivity contribution in [1.82, 2.24) is 5.32 Å². The number of methoxy groups -OCH3 is 1. The molecule has 0 aromatic carbocycles. The van der Waals surface area contributed by atoms with Gasteiger partial charge in [0.05, 0.1) is 12.2 Å². The molecule has 1 rings (SSSR count). The van der Waals surface area contributed by atoms with Crippen LogP contribution in [0.5, 0.6) is 0 Å². The lowest BCUT2D eigenvalue weighted by atomic mass is 9.54. The molecular weight excluding hydrogens is 268 g/mol. The molecule has 3 unspecified atom stereocenters. The average Bonchev–Trinajstić information content (AvgIpc) is 2.37. The summed E-state index contributed by atoms with van der Waals surface area (Å²) in [7, 11) is 1.67. The fourth-order valence-electron chi connectivity index (χ4n) is 2.91. The second-order valence-corrected chi connectivity index (χ2v) is 7.64. The second-order valence-electron chi connectivity index (χ2n) is 7.64. The predicted molar refractivity (Wildman–Crippen MR) is 84.0 cm³/mol. The molecule has 3 atom stereocenters. The molecule has 5 nitrogen and oxygen atoms in total. The molecule has 21 heavy (non-hydrogen) atoms. The van der Waals surface area contributed by atoms with Crippen LogP contribution in [0.3, 0.4) is 0 Å². The van der Waals surface area contributed by atoms with E-state index in [-0.39, 0.29) is 28.9 Å². The van der Waals surface area contributed by atoms with Crippen molar-refractivity contribution in [3.8, 4) is 0 Å². The van der Waals surface area contributed by atoms with Gasteiger partial charge >= 0.3 is 0 Å². The normalized spacial score (nSPS) is 29.6. The van der Waals surface area contributed by atoms with Crippen LogP contribution in [0.1, 0.15) is 48.0 Å². The van der Waals surface area contributed by atoms with Gasteiger partial charge in [0, 0.05) is 32.1 Å². The van der Waals surface area contributed by atoms with Gasteiger partial charge in [0.2, 0.25) is 5.91 Å². The molecule has 0 bridgehead atoms. The lowest BCUT2D eigenvalue weighted by Crippen LogP contribution is -2.76. The van der Waals surface area contributed by atoms with E-state index >= 15 is 0 Å². The van der Waals surface area contributed by atoms with Gasteiger partial charge in [-0.1, -0.05) is 34.6 Å². The Balaban J connectivity index is 2.64. The summed E-state index contributed by atoms with van der Waals surface area (Å²) < 4.78 is 11.1. The molecule has 0 spiro atoms. The Morgan fingerprint density at radius 3 is 2.38 bits per heavy atom. The van der Waals surface area contributed by atoms with Crippen LogP contribution in [0.15, 0.2) is 0 Å². The van der Waals surface area contributed by atoms with Gasteiger partial charge in [-0.15, -0.1) is 0 Å². The molecule has 0 aromatic rings. The smallest absolute Gasteiger partial charge is 0.240 e. The number of hydrogen-bond acceptors (Lipinski definition) is 4. The third-order valence-electron chi connectivity index (χ3n) is 4.93. The first kappa shape index (κ1) is 18.4. The van der Waals surface area contributed by atoms with Crippen LogP contribution in [-0.2, 0) is 14.3 Å². The summed E-state index contributed by atoms with van der Waals surface area (Å²) in [6.07, 6.45) is 0.558. The summed E-state index contributed by atoms with van der Waals surface area (Å²) in [5, 5.41) is 2.96. The molecule has 0 aliphatic heterocycles. The lowest BCUT2D eigenvalue weighted by Gasteiger charge is -2.57. The molecule has 1 saturated carbocycles. The van der Waals surface area contributed by atoms with E-state index in [0.717, 1.165) is 0 Å². The third kappa shape index (κ3) is 3.41. The quantitative estimate of drug-likeness (QED) is 0.783. The topological polar surface area (TPSA) is 73.6 Å². The van der Waals surface area contributed by atoms with Crippen molar-refractivity contribution in [2.45, 2.75) is 65.7 Å². The number of nitrogens with one attached hydrogen (secondary N) is 1. The van der Waals surface area contributed by atoms with E-state index < -0.39 is 5.54 Å². The van der Waals surface area contributed by atoms with Crippen LogP contribution < -0.4 is 11.1 Å². The second kappa shape index (κ2) is 6.23. The van der Waals surface area contributed by atoms with Crippen molar-refractivity contribution in [3.63, 3.8) is 0 Å². The van der Waals surface area contributed by atoms with Gasteiger partial charge < -0.3 is 20.5 Å².